The molecule has 2 heterocycles. The summed E-state index contributed by atoms with van der Waals surface area (Å²) in [6.45, 7) is 5.89. The van der Waals surface area contributed by atoms with E-state index in [9.17, 15) is 4.79 Å². The van der Waals surface area contributed by atoms with Crippen LogP contribution in [0.4, 0.5) is 5.82 Å². The Balaban J connectivity index is 1.63. The molecule has 0 fully saturated rings. The van der Waals surface area contributed by atoms with Crippen molar-refractivity contribution in [1.29, 1.82) is 0 Å². The number of rotatable bonds is 8. The normalized spacial score (nSPS) is 12.0. The average Bonchev–Trinajstić information content (AvgIpc) is 3.47. The number of hydrogen-bond acceptors (Lipinski definition) is 6. The standard InChI is InChI=1S/C24H26N6O2S/c1-16(2)30-21(14-15-25-30)26-23(31)17(3)33-24-28-27-22(18-8-6-5-7-9-18)29(24)19-10-12-20(32-4)13-11-19/h5-17H,1-4H3,(H,26,31). The van der Waals surface area contributed by atoms with Gasteiger partial charge in [0.1, 0.15) is 11.6 Å². The van der Waals surface area contributed by atoms with Crippen molar-refractivity contribution < 1.29 is 9.53 Å². The summed E-state index contributed by atoms with van der Waals surface area (Å²) in [5, 5.41) is 16.3. The van der Waals surface area contributed by atoms with Gasteiger partial charge >= 0.3 is 0 Å². The van der Waals surface area contributed by atoms with Crippen LogP contribution in [0.3, 0.4) is 0 Å². The molecule has 170 valence electrons. The van der Waals surface area contributed by atoms with Gasteiger partial charge in [0.05, 0.1) is 18.6 Å². The van der Waals surface area contributed by atoms with E-state index in [4.69, 9.17) is 4.74 Å². The van der Waals surface area contributed by atoms with E-state index in [1.807, 2.05) is 79.9 Å². The minimum Gasteiger partial charge on any atom is -0.497 e. The van der Waals surface area contributed by atoms with Gasteiger partial charge in [-0.1, -0.05) is 42.1 Å². The Kier molecular flexibility index (Phi) is 6.79. The molecule has 2 aromatic carbocycles. The minimum absolute atomic E-state index is 0.132. The van der Waals surface area contributed by atoms with Gasteiger partial charge in [0.2, 0.25) is 5.91 Å². The Labute approximate surface area is 197 Å². The van der Waals surface area contributed by atoms with Crippen LogP contribution >= 0.6 is 11.8 Å². The van der Waals surface area contributed by atoms with Gasteiger partial charge in [0, 0.05) is 23.4 Å². The van der Waals surface area contributed by atoms with Crippen LogP contribution in [-0.4, -0.2) is 42.8 Å². The van der Waals surface area contributed by atoms with E-state index in [1.165, 1.54) is 11.8 Å². The lowest BCUT2D eigenvalue weighted by atomic mass is 10.2. The molecule has 33 heavy (non-hydrogen) atoms. The van der Waals surface area contributed by atoms with Crippen molar-refractivity contribution in [3.63, 3.8) is 0 Å². The van der Waals surface area contributed by atoms with Crippen molar-refractivity contribution in [1.82, 2.24) is 24.5 Å². The molecular formula is C24H26N6O2S. The lowest BCUT2D eigenvalue weighted by Crippen LogP contribution is -2.25. The fourth-order valence-corrected chi connectivity index (χ4v) is 4.22. The number of nitrogens with one attached hydrogen (secondary N) is 1. The molecule has 0 radical (unpaired) electrons. The predicted octanol–water partition coefficient (Wildman–Crippen LogP) is 4.84. The number of methoxy groups -OCH3 is 1. The van der Waals surface area contributed by atoms with Crippen LogP contribution in [0.25, 0.3) is 17.1 Å². The maximum atomic E-state index is 13.0. The van der Waals surface area contributed by atoms with Crippen molar-refractivity contribution in [3.05, 3.63) is 66.9 Å². The number of anilines is 1. The first-order valence-electron chi connectivity index (χ1n) is 10.6. The summed E-state index contributed by atoms with van der Waals surface area (Å²) in [5.74, 6) is 2.00. The molecule has 0 bridgehead atoms. The molecule has 4 aromatic rings. The first-order valence-corrected chi connectivity index (χ1v) is 11.5. The van der Waals surface area contributed by atoms with Crippen molar-refractivity contribution in [3.8, 4) is 22.8 Å². The Morgan fingerprint density at radius 2 is 1.73 bits per heavy atom. The smallest absolute Gasteiger partial charge is 0.238 e. The number of aromatic nitrogens is 5. The molecule has 0 aliphatic heterocycles. The maximum absolute atomic E-state index is 13.0. The highest BCUT2D eigenvalue weighted by Crippen LogP contribution is 2.31. The number of carbonyl (C=O) groups is 1. The lowest BCUT2D eigenvalue weighted by Gasteiger charge is -2.16. The number of amides is 1. The van der Waals surface area contributed by atoms with Crippen molar-refractivity contribution >= 4 is 23.5 Å². The SMILES string of the molecule is COc1ccc(-n2c(SC(C)C(=O)Nc3ccnn3C(C)C)nnc2-c2ccccc2)cc1. The largest absolute Gasteiger partial charge is 0.497 e. The molecule has 2 aromatic heterocycles. The molecule has 1 amide bonds. The molecule has 1 atom stereocenters. The van der Waals surface area contributed by atoms with Gasteiger partial charge in [0.15, 0.2) is 11.0 Å². The van der Waals surface area contributed by atoms with Gasteiger partial charge in [-0.05, 0) is 45.0 Å². The van der Waals surface area contributed by atoms with E-state index in [0.29, 0.717) is 16.8 Å². The molecule has 0 aliphatic carbocycles. The number of hydrogen-bond donors (Lipinski definition) is 1. The molecule has 0 saturated heterocycles. The Morgan fingerprint density at radius 3 is 2.39 bits per heavy atom. The zero-order valence-corrected chi connectivity index (χ0v) is 19.8. The van der Waals surface area contributed by atoms with Crippen molar-refractivity contribution in [2.75, 3.05) is 12.4 Å². The number of nitrogens with zero attached hydrogens (tertiary/aromatic N) is 5. The molecule has 1 N–H and O–H groups in total. The Morgan fingerprint density at radius 1 is 1.00 bits per heavy atom. The predicted molar refractivity (Wildman–Crippen MR) is 130 cm³/mol. The summed E-state index contributed by atoms with van der Waals surface area (Å²) in [4.78, 5) is 13.0. The van der Waals surface area contributed by atoms with E-state index in [0.717, 1.165) is 17.0 Å². The Hall–Kier alpha value is -3.59. The second-order valence-corrected chi connectivity index (χ2v) is 9.02. The third-order valence-corrected chi connectivity index (χ3v) is 6.10. The van der Waals surface area contributed by atoms with E-state index >= 15 is 0 Å². The zero-order chi connectivity index (χ0) is 23.4. The van der Waals surface area contributed by atoms with Gasteiger partial charge in [0.25, 0.3) is 0 Å². The number of carbonyl (C=O) groups excluding carboxylic acids is 1. The molecular weight excluding hydrogens is 436 g/mol. The van der Waals surface area contributed by atoms with E-state index in [-0.39, 0.29) is 11.9 Å². The van der Waals surface area contributed by atoms with Crippen LogP contribution in [0.1, 0.15) is 26.8 Å². The fraction of sp³-hybridized carbons (Fsp3) is 0.250. The van der Waals surface area contributed by atoms with Crippen LogP contribution < -0.4 is 10.1 Å². The summed E-state index contributed by atoms with van der Waals surface area (Å²) in [6, 6.07) is 19.5. The molecule has 0 aliphatic rings. The zero-order valence-electron chi connectivity index (χ0n) is 19.0. The highest BCUT2D eigenvalue weighted by Gasteiger charge is 2.23. The van der Waals surface area contributed by atoms with Crippen LogP contribution in [0.5, 0.6) is 5.75 Å². The lowest BCUT2D eigenvalue weighted by molar-refractivity contribution is -0.115. The fourth-order valence-electron chi connectivity index (χ4n) is 3.35. The average molecular weight is 463 g/mol. The molecule has 9 heteroatoms. The molecule has 4 rings (SSSR count). The Bertz CT molecular complexity index is 1220. The van der Waals surface area contributed by atoms with Gasteiger partial charge < -0.3 is 10.1 Å². The number of ether oxygens (including phenoxy) is 1. The summed E-state index contributed by atoms with van der Waals surface area (Å²) in [6.07, 6.45) is 1.68. The third kappa shape index (κ3) is 4.93. The maximum Gasteiger partial charge on any atom is 0.238 e. The van der Waals surface area contributed by atoms with Crippen LogP contribution in [-0.2, 0) is 4.79 Å². The van der Waals surface area contributed by atoms with Crippen molar-refractivity contribution in [2.45, 2.75) is 37.2 Å². The van der Waals surface area contributed by atoms with E-state index < -0.39 is 5.25 Å². The summed E-state index contributed by atoms with van der Waals surface area (Å²) in [5.41, 5.74) is 1.82. The van der Waals surface area contributed by atoms with Gasteiger partial charge in [-0.25, -0.2) is 4.68 Å². The summed E-state index contributed by atoms with van der Waals surface area (Å²) < 4.78 is 9.04. The van der Waals surface area contributed by atoms with Gasteiger partial charge in [-0.15, -0.1) is 10.2 Å². The van der Waals surface area contributed by atoms with Crippen LogP contribution in [0, 0.1) is 0 Å². The highest BCUT2D eigenvalue weighted by molar-refractivity contribution is 8.00. The summed E-state index contributed by atoms with van der Waals surface area (Å²) in [7, 11) is 1.63. The van der Waals surface area contributed by atoms with Gasteiger partial charge in [-0.2, -0.15) is 5.10 Å². The van der Waals surface area contributed by atoms with E-state index in [1.54, 1.807) is 24.1 Å². The molecule has 0 saturated carbocycles. The minimum atomic E-state index is -0.412. The molecule has 0 spiro atoms. The first kappa shape index (κ1) is 22.6. The van der Waals surface area contributed by atoms with Crippen LogP contribution in [0.15, 0.2) is 72.0 Å². The molecule has 8 nitrogen and oxygen atoms in total. The summed E-state index contributed by atoms with van der Waals surface area (Å²) >= 11 is 1.35. The number of thioether (sulfide) groups is 1. The topological polar surface area (TPSA) is 86.9 Å². The third-order valence-electron chi connectivity index (χ3n) is 5.06. The van der Waals surface area contributed by atoms with Crippen molar-refractivity contribution in [2.24, 2.45) is 0 Å². The number of benzene rings is 2. The monoisotopic (exact) mass is 462 g/mol. The van der Waals surface area contributed by atoms with Gasteiger partial charge in [-0.3, -0.25) is 9.36 Å². The second kappa shape index (κ2) is 9.91. The molecule has 1 unspecified atom stereocenters. The second-order valence-electron chi connectivity index (χ2n) is 7.71. The highest BCUT2D eigenvalue weighted by atomic mass is 32.2. The van der Waals surface area contributed by atoms with E-state index in [2.05, 4.69) is 20.6 Å². The quantitative estimate of drug-likeness (QED) is 0.377. The van der Waals surface area contributed by atoms with Crippen LogP contribution in [0.2, 0.25) is 0 Å². The first-order chi connectivity index (χ1) is 16.0.